The van der Waals surface area contributed by atoms with Gasteiger partial charge in [0.2, 0.25) is 0 Å². The SMILES string of the molecule is CCC(CC)(CC)Nc1ncnc(N)c1C(C)C. The van der Waals surface area contributed by atoms with Crippen molar-refractivity contribution >= 4 is 11.6 Å². The third-order valence-corrected chi connectivity index (χ3v) is 3.91. The lowest BCUT2D eigenvalue weighted by Crippen LogP contribution is -2.37. The highest BCUT2D eigenvalue weighted by atomic mass is 15.1. The van der Waals surface area contributed by atoms with Crippen molar-refractivity contribution < 1.29 is 0 Å². The Morgan fingerprint density at radius 1 is 1.17 bits per heavy atom. The summed E-state index contributed by atoms with van der Waals surface area (Å²) in [6, 6.07) is 0. The van der Waals surface area contributed by atoms with E-state index in [2.05, 4.69) is 49.9 Å². The maximum atomic E-state index is 5.97. The smallest absolute Gasteiger partial charge is 0.135 e. The second-order valence-corrected chi connectivity index (χ2v) is 5.14. The molecule has 0 saturated heterocycles. The molecule has 102 valence electrons. The molecule has 0 aromatic carbocycles. The van der Waals surface area contributed by atoms with Crippen LogP contribution >= 0.6 is 0 Å². The van der Waals surface area contributed by atoms with Crippen LogP contribution < -0.4 is 11.1 Å². The second-order valence-electron chi connectivity index (χ2n) is 5.14. The number of hydrogen-bond acceptors (Lipinski definition) is 4. The Hall–Kier alpha value is -1.32. The molecule has 0 amide bonds. The number of anilines is 2. The van der Waals surface area contributed by atoms with Gasteiger partial charge in [0, 0.05) is 11.1 Å². The highest BCUT2D eigenvalue weighted by Crippen LogP contribution is 2.31. The van der Waals surface area contributed by atoms with E-state index in [4.69, 9.17) is 5.73 Å². The predicted octanol–water partition coefficient (Wildman–Crippen LogP) is 3.56. The van der Waals surface area contributed by atoms with Crippen LogP contribution in [0.4, 0.5) is 11.6 Å². The Labute approximate surface area is 110 Å². The lowest BCUT2D eigenvalue weighted by Gasteiger charge is -2.33. The molecule has 1 heterocycles. The molecule has 0 unspecified atom stereocenters. The van der Waals surface area contributed by atoms with Crippen molar-refractivity contribution in [1.82, 2.24) is 9.97 Å². The summed E-state index contributed by atoms with van der Waals surface area (Å²) in [6.07, 6.45) is 4.75. The topological polar surface area (TPSA) is 63.8 Å². The van der Waals surface area contributed by atoms with E-state index < -0.39 is 0 Å². The molecule has 18 heavy (non-hydrogen) atoms. The van der Waals surface area contributed by atoms with Crippen molar-refractivity contribution in [2.75, 3.05) is 11.1 Å². The van der Waals surface area contributed by atoms with Gasteiger partial charge in [0.25, 0.3) is 0 Å². The maximum Gasteiger partial charge on any atom is 0.135 e. The zero-order chi connectivity index (χ0) is 13.8. The predicted molar refractivity (Wildman–Crippen MR) is 77.8 cm³/mol. The van der Waals surface area contributed by atoms with E-state index in [0.29, 0.717) is 11.7 Å². The summed E-state index contributed by atoms with van der Waals surface area (Å²) in [4.78, 5) is 8.48. The maximum absolute atomic E-state index is 5.97. The Kier molecular flexibility index (Phi) is 4.93. The quantitative estimate of drug-likeness (QED) is 0.810. The van der Waals surface area contributed by atoms with E-state index in [9.17, 15) is 0 Å². The van der Waals surface area contributed by atoms with Gasteiger partial charge in [-0.2, -0.15) is 0 Å². The molecule has 4 nitrogen and oxygen atoms in total. The number of rotatable bonds is 6. The monoisotopic (exact) mass is 250 g/mol. The average Bonchev–Trinajstić information content (AvgIpc) is 2.35. The van der Waals surface area contributed by atoms with E-state index >= 15 is 0 Å². The molecule has 3 N–H and O–H groups in total. The lowest BCUT2D eigenvalue weighted by atomic mass is 9.89. The largest absolute Gasteiger partial charge is 0.383 e. The summed E-state index contributed by atoms with van der Waals surface area (Å²) >= 11 is 0. The molecule has 0 bridgehead atoms. The molecule has 4 heteroatoms. The van der Waals surface area contributed by atoms with E-state index in [0.717, 1.165) is 30.6 Å². The molecule has 1 rings (SSSR count). The highest BCUT2D eigenvalue weighted by Gasteiger charge is 2.26. The molecule has 1 aromatic heterocycles. The van der Waals surface area contributed by atoms with E-state index in [1.807, 2.05) is 0 Å². The number of aromatic nitrogens is 2. The van der Waals surface area contributed by atoms with Gasteiger partial charge in [-0.25, -0.2) is 9.97 Å². The molecule has 0 fully saturated rings. The fourth-order valence-electron chi connectivity index (χ4n) is 2.34. The Bertz CT molecular complexity index is 375. The Morgan fingerprint density at radius 3 is 2.17 bits per heavy atom. The van der Waals surface area contributed by atoms with Crippen LogP contribution in [0.25, 0.3) is 0 Å². The van der Waals surface area contributed by atoms with Crippen LogP contribution in [0.1, 0.15) is 65.4 Å². The van der Waals surface area contributed by atoms with Crippen LogP contribution in [-0.4, -0.2) is 15.5 Å². The third-order valence-electron chi connectivity index (χ3n) is 3.91. The molecule has 0 spiro atoms. The lowest BCUT2D eigenvalue weighted by molar-refractivity contribution is 0.418. The molecule has 0 aliphatic heterocycles. The summed E-state index contributed by atoms with van der Waals surface area (Å²) in [7, 11) is 0. The minimum Gasteiger partial charge on any atom is -0.383 e. The van der Waals surface area contributed by atoms with Crippen molar-refractivity contribution in [2.24, 2.45) is 0 Å². The van der Waals surface area contributed by atoms with Gasteiger partial charge in [-0.1, -0.05) is 34.6 Å². The Morgan fingerprint density at radius 2 is 1.72 bits per heavy atom. The summed E-state index contributed by atoms with van der Waals surface area (Å²) in [5.41, 5.74) is 7.10. The minimum absolute atomic E-state index is 0.102. The van der Waals surface area contributed by atoms with Crippen LogP contribution in [-0.2, 0) is 0 Å². The fourth-order valence-corrected chi connectivity index (χ4v) is 2.34. The first-order valence-corrected chi connectivity index (χ1v) is 6.88. The molecule has 0 aliphatic rings. The fraction of sp³-hybridized carbons (Fsp3) is 0.714. The normalized spacial score (nSPS) is 11.9. The molecular weight excluding hydrogens is 224 g/mol. The third kappa shape index (κ3) is 2.92. The van der Waals surface area contributed by atoms with Gasteiger partial charge in [-0.3, -0.25) is 0 Å². The number of nitrogens with one attached hydrogen (secondary N) is 1. The van der Waals surface area contributed by atoms with Gasteiger partial charge in [0.05, 0.1) is 0 Å². The number of nitrogens with two attached hydrogens (primary N) is 1. The van der Waals surface area contributed by atoms with Crippen LogP contribution in [0.15, 0.2) is 6.33 Å². The molecule has 0 atom stereocenters. The molecule has 0 radical (unpaired) electrons. The number of hydrogen-bond donors (Lipinski definition) is 2. The van der Waals surface area contributed by atoms with Crippen molar-refractivity contribution in [2.45, 2.75) is 65.3 Å². The first-order valence-electron chi connectivity index (χ1n) is 6.88. The summed E-state index contributed by atoms with van der Waals surface area (Å²) in [5.74, 6) is 1.79. The van der Waals surface area contributed by atoms with E-state index in [1.54, 1.807) is 0 Å². The first kappa shape index (κ1) is 14.7. The van der Waals surface area contributed by atoms with Crippen molar-refractivity contribution in [3.05, 3.63) is 11.9 Å². The second kappa shape index (κ2) is 6.03. The average molecular weight is 250 g/mol. The van der Waals surface area contributed by atoms with Crippen molar-refractivity contribution in [3.8, 4) is 0 Å². The van der Waals surface area contributed by atoms with Gasteiger partial charge in [0.1, 0.15) is 18.0 Å². The standard InChI is InChI=1S/C14H26N4/c1-6-14(7-2,8-3)18-13-11(10(4)5)12(15)16-9-17-13/h9-10H,6-8H2,1-5H3,(H3,15,16,17,18). The van der Waals surface area contributed by atoms with Crippen molar-refractivity contribution in [1.29, 1.82) is 0 Å². The summed E-state index contributed by atoms with van der Waals surface area (Å²) in [5, 5.41) is 3.60. The molecule has 0 aliphatic carbocycles. The Balaban J connectivity index is 3.14. The zero-order valence-electron chi connectivity index (χ0n) is 12.2. The van der Waals surface area contributed by atoms with Crippen LogP contribution in [0.2, 0.25) is 0 Å². The summed E-state index contributed by atoms with van der Waals surface area (Å²) < 4.78 is 0. The van der Waals surface area contributed by atoms with E-state index in [1.165, 1.54) is 6.33 Å². The zero-order valence-corrected chi connectivity index (χ0v) is 12.2. The molecule has 0 saturated carbocycles. The van der Waals surface area contributed by atoms with Gasteiger partial charge in [-0.05, 0) is 25.2 Å². The highest BCUT2D eigenvalue weighted by molar-refractivity contribution is 5.57. The van der Waals surface area contributed by atoms with E-state index in [-0.39, 0.29) is 5.54 Å². The molecule has 1 aromatic rings. The molecular formula is C14H26N4. The number of nitrogens with zero attached hydrogens (tertiary/aromatic N) is 2. The number of nitrogen functional groups attached to an aromatic ring is 1. The van der Waals surface area contributed by atoms with Crippen LogP contribution in [0.3, 0.4) is 0 Å². The van der Waals surface area contributed by atoms with Crippen LogP contribution in [0, 0.1) is 0 Å². The van der Waals surface area contributed by atoms with Gasteiger partial charge in [0.15, 0.2) is 0 Å². The first-order chi connectivity index (χ1) is 8.49. The van der Waals surface area contributed by atoms with Gasteiger partial charge < -0.3 is 11.1 Å². The summed E-state index contributed by atoms with van der Waals surface area (Å²) in [6.45, 7) is 10.9. The minimum atomic E-state index is 0.102. The van der Waals surface area contributed by atoms with Crippen molar-refractivity contribution in [3.63, 3.8) is 0 Å². The van der Waals surface area contributed by atoms with Crippen LogP contribution in [0.5, 0.6) is 0 Å². The van der Waals surface area contributed by atoms with Gasteiger partial charge >= 0.3 is 0 Å². The van der Waals surface area contributed by atoms with Gasteiger partial charge in [-0.15, -0.1) is 0 Å².